The first kappa shape index (κ1) is 13.9. The molecule has 0 aromatic rings. The topological polar surface area (TPSA) is 31.0 Å². The molecule has 1 aliphatic heterocycles. The average molecular weight is 254 g/mol. The minimum atomic E-state index is -0.455. The highest BCUT2D eigenvalue weighted by molar-refractivity contribution is 4.85. The van der Waals surface area contributed by atoms with E-state index in [2.05, 4.69) is 13.5 Å². The maximum Gasteiger partial charge on any atom is 0.212 e. The predicted octanol–water partition coefficient (Wildman–Crippen LogP) is 3.64. The van der Waals surface area contributed by atoms with Crippen LogP contribution < -0.4 is 0 Å². The highest BCUT2D eigenvalue weighted by Gasteiger charge is 2.42. The summed E-state index contributed by atoms with van der Waals surface area (Å²) in [5.74, 6) is 0.0472. The summed E-state index contributed by atoms with van der Waals surface area (Å²) in [5.41, 5.74) is 0. The summed E-state index contributed by atoms with van der Waals surface area (Å²) in [7, 11) is 0. The van der Waals surface area contributed by atoms with E-state index in [1.54, 1.807) is 6.26 Å². The average Bonchev–Trinajstić information content (AvgIpc) is 3.22. The lowest BCUT2D eigenvalue weighted by molar-refractivity contribution is -0.251. The molecule has 0 aromatic carbocycles. The lowest BCUT2D eigenvalue weighted by Crippen LogP contribution is -2.44. The van der Waals surface area contributed by atoms with Gasteiger partial charge in [-0.2, -0.15) is 0 Å². The van der Waals surface area contributed by atoms with E-state index in [0.29, 0.717) is 18.6 Å². The second-order valence-electron chi connectivity index (χ2n) is 5.45. The minimum absolute atomic E-state index is 0.290. The van der Waals surface area contributed by atoms with Gasteiger partial charge in [-0.1, -0.05) is 32.8 Å². The molecule has 2 unspecified atom stereocenters. The van der Waals surface area contributed by atoms with Crippen LogP contribution in [-0.4, -0.2) is 25.1 Å². The van der Waals surface area contributed by atoms with Crippen molar-refractivity contribution >= 4 is 0 Å². The molecule has 0 aromatic heterocycles. The Balaban J connectivity index is 2.01. The Bertz CT molecular complexity index is 256. The van der Waals surface area contributed by atoms with E-state index in [1.807, 2.05) is 0 Å². The van der Waals surface area contributed by atoms with Crippen LogP contribution >= 0.6 is 0 Å². The van der Waals surface area contributed by atoms with Crippen molar-refractivity contribution in [1.82, 2.24) is 0 Å². The molecule has 2 atom stereocenters. The van der Waals surface area contributed by atoms with Gasteiger partial charge >= 0.3 is 0 Å². The Kier molecular flexibility index (Phi) is 5.07. The number of epoxide rings is 1. The second-order valence-corrected chi connectivity index (χ2v) is 5.45. The molecule has 1 saturated heterocycles. The van der Waals surface area contributed by atoms with Gasteiger partial charge < -0.3 is 14.2 Å². The van der Waals surface area contributed by atoms with E-state index >= 15 is 0 Å². The van der Waals surface area contributed by atoms with Crippen LogP contribution in [0.15, 0.2) is 12.8 Å². The quantitative estimate of drug-likeness (QED) is 0.376. The first-order chi connectivity index (χ1) is 8.80. The summed E-state index contributed by atoms with van der Waals surface area (Å²) < 4.78 is 17.3. The molecule has 1 saturated carbocycles. The van der Waals surface area contributed by atoms with Crippen molar-refractivity contribution in [2.24, 2.45) is 5.92 Å². The maximum absolute atomic E-state index is 6.16. The molecule has 18 heavy (non-hydrogen) atoms. The zero-order valence-corrected chi connectivity index (χ0v) is 11.5. The van der Waals surface area contributed by atoms with E-state index < -0.39 is 5.79 Å². The van der Waals surface area contributed by atoms with Crippen LogP contribution in [0.3, 0.4) is 0 Å². The molecule has 0 bridgehead atoms. The fourth-order valence-electron chi connectivity index (χ4n) is 3.01. The molecule has 0 radical (unpaired) electrons. The Hall–Kier alpha value is -0.540. The standard InChI is InChI=1S/C15H26O3/c1-3-10-15(17-4-2,18-12-14-11-16-14)13-8-6-5-7-9-13/h4,13-14H,2-3,5-12H2,1H3. The first-order valence-electron chi connectivity index (χ1n) is 7.35. The van der Waals surface area contributed by atoms with Crippen molar-refractivity contribution in [2.45, 2.75) is 63.8 Å². The highest BCUT2D eigenvalue weighted by Crippen LogP contribution is 2.39. The Morgan fingerprint density at radius 1 is 1.33 bits per heavy atom. The monoisotopic (exact) mass is 254 g/mol. The van der Waals surface area contributed by atoms with Crippen molar-refractivity contribution in [2.75, 3.05) is 13.2 Å². The molecule has 2 aliphatic rings. The van der Waals surface area contributed by atoms with Crippen LogP contribution in [0.2, 0.25) is 0 Å². The molecule has 0 N–H and O–H groups in total. The van der Waals surface area contributed by atoms with Gasteiger partial charge in [-0.3, -0.25) is 0 Å². The van der Waals surface area contributed by atoms with E-state index in [1.165, 1.54) is 32.1 Å². The van der Waals surface area contributed by atoms with E-state index in [4.69, 9.17) is 14.2 Å². The van der Waals surface area contributed by atoms with E-state index in [0.717, 1.165) is 19.4 Å². The number of hydrogen-bond donors (Lipinski definition) is 0. The van der Waals surface area contributed by atoms with Crippen LogP contribution in [0, 0.1) is 5.92 Å². The summed E-state index contributed by atoms with van der Waals surface area (Å²) in [6.07, 6.45) is 10.2. The molecule has 1 aliphatic carbocycles. The van der Waals surface area contributed by atoms with Crippen LogP contribution in [0.25, 0.3) is 0 Å². The number of ether oxygens (including phenoxy) is 3. The first-order valence-corrected chi connectivity index (χ1v) is 7.35. The van der Waals surface area contributed by atoms with Gasteiger partial charge in [0.05, 0.1) is 19.5 Å². The fraction of sp³-hybridized carbons (Fsp3) is 0.867. The van der Waals surface area contributed by atoms with Gasteiger partial charge in [-0.05, 0) is 19.3 Å². The molecular weight excluding hydrogens is 228 g/mol. The van der Waals surface area contributed by atoms with Crippen molar-refractivity contribution in [3.05, 3.63) is 12.8 Å². The molecule has 0 spiro atoms. The Labute approximate surface area is 110 Å². The van der Waals surface area contributed by atoms with Gasteiger partial charge in [0, 0.05) is 12.3 Å². The third-order valence-electron chi connectivity index (χ3n) is 4.02. The third kappa shape index (κ3) is 3.48. The largest absolute Gasteiger partial charge is 0.470 e. The highest BCUT2D eigenvalue weighted by atomic mass is 16.7. The zero-order chi connectivity index (χ0) is 12.8. The van der Waals surface area contributed by atoms with Gasteiger partial charge in [0.1, 0.15) is 6.10 Å². The lowest BCUT2D eigenvalue weighted by Gasteiger charge is -2.41. The number of rotatable bonds is 8. The Morgan fingerprint density at radius 3 is 2.61 bits per heavy atom. The molecular formula is C15H26O3. The second kappa shape index (κ2) is 6.58. The van der Waals surface area contributed by atoms with Crippen molar-refractivity contribution in [1.29, 1.82) is 0 Å². The van der Waals surface area contributed by atoms with Crippen LogP contribution in [0.4, 0.5) is 0 Å². The summed E-state index contributed by atoms with van der Waals surface area (Å²) >= 11 is 0. The molecule has 3 heteroatoms. The van der Waals surface area contributed by atoms with Crippen LogP contribution in [-0.2, 0) is 14.2 Å². The van der Waals surface area contributed by atoms with Gasteiger partial charge in [-0.25, -0.2) is 0 Å². The van der Waals surface area contributed by atoms with Gasteiger partial charge in [0.15, 0.2) is 0 Å². The van der Waals surface area contributed by atoms with E-state index in [-0.39, 0.29) is 0 Å². The summed E-state index contributed by atoms with van der Waals surface area (Å²) in [4.78, 5) is 0. The van der Waals surface area contributed by atoms with Gasteiger partial charge in [0.2, 0.25) is 5.79 Å². The predicted molar refractivity (Wildman–Crippen MR) is 71.2 cm³/mol. The lowest BCUT2D eigenvalue weighted by atomic mass is 9.81. The SMILES string of the molecule is C=COC(CCC)(OCC1CO1)C1CCCCC1. The number of hydrogen-bond acceptors (Lipinski definition) is 3. The zero-order valence-electron chi connectivity index (χ0n) is 11.5. The summed E-state index contributed by atoms with van der Waals surface area (Å²) in [6, 6.07) is 0. The molecule has 1 heterocycles. The fourth-order valence-corrected chi connectivity index (χ4v) is 3.01. The molecule has 2 rings (SSSR count). The normalized spacial score (nSPS) is 27.5. The Morgan fingerprint density at radius 2 is 2.06 bits per heavy atom. The van der Waals surface area contributed by atoms with Crippen molar-refractivity contribution in [3.63, 3.8) is 0 Å². The van der Waals surface area contributed by atoms with Crippen LogP contribution in [0.5, 0.6) is 0 Å². The minimum Gasteiger partial charge on any atom is -0.470 e. The molecule has 0 amide bonds. The van der Waals surface area contributed by atoms with E-state index in [9.17, 15) is 0 Å². The smallest absolute Gasteiger partial charge is 0.212 e. The molecule has 104 valence electrons. The van der Waals surface area contributed by atoms with Crippen molar-refractivity contribution in [3.8, 4) is 0 Å². The van der Waals surface area contributed by atoms with Gasteiger partial charge in [-0.15, -0.1) is 0 Å². The third-order valence-corrected chi connectivity index (χ3v) is 4.02. The molecule has 2 fully saturated rings. The molecule has 3 nitrogen and oxygen atoms in total. The van der Waals surface area contributed by atoms with Gasteiger partial charge in [0.25, 0.3) is 0 Å². The van der Waals surface area contributed by atoms with Crippen LogP contribution in [0.1, 0.15) is 51.9 Å². The summed E-state index contributed by atoms with van der Waals surface area (Å²) in [5, 5.41) is 0. The maximum atomic E-state index is 6.16. The van der Waals surface area contributed by atoms with Crippen molar-refractivity contribution < 1.29 is 14.2 Å². The summed E-state index contributed by atoms with van der Waals surface area (Å²) in [6.45, 7) is 7.40.